The Balaban J connectivity index is 0.000000493. The summed E-state index contributed by atoms with van der Waals surface area (Å²) in [5.41, 5.74) is 0. The second-order valence-corrected chi connectivity index (χ2v) is 6.04. The minimum atomic E-state index is 1.18. The van der Waals surface area contributed by atoms with Gasteiger partial charge in [-0.3, -0.25) is 4.98 Å². The van der Waals surface area contributed by atoms with Crippen LogP contribution in [0.25, 0.3) is 0 Å². The number of unbranched alkanes of at least 4 members (excludes halogenated alkanes) is 10. The predicted molar refractivity (Wildman–Crippen MR) is 94.5 cm³/mol. The van der Waals surface area contributed by atoms with E-state index in [1.54, 1.807) is 12.4 Å². The van der Waals surface area contributed by atoms with Gasteiger partial charge in [0.05, 0.1) is 0 Å². The Kier molecular flexibility index (Phi) is 18.3. The molecule has 0 bridgehead atoms. The van der Waals surface area contributed by atoms with Gasteiger partial charge in [-0.25, -0.2) is 0 Å². The van der Waals surface area contributed by atoms with Gasteiger partial charge in [-0.1, -0.05) is 93.1 Å². The summed E-state index contributed by atoms with van der Waals surface area (Å²) < 4.78 is 0. The van der Waals surface area contributed by atoms with Crippen LogP contribution in [0.2, 0.25) is 0 Å². The molecule has 1 aromatic rings. The monoisotopic (exact) mass is 341 g/mol. The Morgan fingerprint density at radius 2 is 1.10 bits per heavy atom. The Bertz CT molecular complexity index is 212. The molecule has 0 fully saturated rings. The topological polar surface area (TPSA) is 12.9 Å². The first kappa shape index (κ1) is 19.6. The molecule has 0 saturated heterocycles. The molecule has 116 valence electrons. The second-order valence-electron chi connectivity index (χ2n) is 5.25. The maximum absolute atomic E-state index is 3.78. The summed E-state index contributed by atoms with van der Waals surface area (Å²) in [6.07, 6.45) is 19.3. The maximum Gasteiger partial charge on any atom is 0.0267 e. The van der Waals surface area contributed by atoms with Crippen molar-refractivity contribution < 1.29 is 0 Å². The van der Waals surface area contributed by atoms with Crippen LogP contribution in [-0.4, -0.2) is 10.3 Å². The van der Waals surface area contributed by atoms with E-state index in [9.17, 15) is 0 Å². The molecule has 0 radical (unpaired) electrons. The lowest BCUT2D eigenvalue weighted by atomic mass is 10.1. The molecule has 0 aliphatic carbocycles. The average Bonchev–Trinajstić information content (AvgIpc) is 2.52. The van der Waals surface area contributed by atoms with Crippen LogP contribution in [0.4, 0.5) is 0 Å². The molecule has 1 aromatic heterocycles. The largest absolute Gasteiger partial charge is 0.265 e. The van der Waals surface area contributed by atoms with Gasteiger partial charge < -0.3 is 0 Å². The third-order valence-corrected chi connectivity index (χ3v) is 3.86. The zero-order chi connectivity index (χ0) is 14.7. The first-order valence-corrected chi connectivity index (χ1v) is 9.45. The van der Waals surface area contributed by atoms with Gasteiger partial charge in [0.15, 0.2) is 0 Å². The molecule has 0 aromatic carbocycles. The lowest BCUT2D eigenvalue weighted by Gasteiger charge is -2.01. The van der Waals surface area contributed by atoms with Crippen molar-refractivity contribution >= 4 is 15.9 Å². The number of hydrogen-bond acceptors (Lipinski definition) is 1. The molecule has 1 rings (SSSR count). The SMILES string of the molecule is CCCCCCCCCCCCCBr.c1ccncc1. The van der Waals surface area contributed by atoms with Gasteiger partial charge in [-0.2, -0.15) is 0 Å². The van der Waals surface area contributed by atoms with Crippen molar-refractivity contribution in [3.8, 4) is 0 Å². The molecule has 0 unspecified atom stereocenters. The molecule has 1 nitrogen and oxygen atoms in total. The minimum Gasteiger partial charge on any atom is -0.265 e. The second kappa shape index (κ2) is 18.6. The van der Waals surface area contributed by atoms with E-state index in [4.69, 9.17) is 0 Å². The lowest BCUT2D eigenvalue weighted by molar-refractivity contribution is 0.555. The highest BCUT2D eigenvalue weighted by Crippen LogP contribution is 2.11. The molecular formula is C18H32BrN. The molecule has 0 saturated carbocycles. The van der Waals surface area contributed by atoms with Crippen LogP contribution in [0.15, 0.2) is 30.6 Å². The highest BCUT2D eigenvalue weighted by atomic mass is 79.9. The van der Waals surface area contributed by atoms with Gasteiger partial charge in [-0.05, 0) is 18.6 Å². The first-order chi connectivity index (χ1) is 9.91. The van der Waals surface area contributed by atoms with Crippen LogP contribution >= 0.6 is 15.9 Å². The Labute approximate surface area is 134 Å². The molecular weight excluding hydrogens is 310 g/mol. The number of nitrogens with zero attached hydrogens (tertiary/aromatic N) is 1. The Hall–Kier alpha value is -0.370. The van der Waals surface area contributed by atoms with E-state index >= 15 is 0 Å². The highest BCUT2D eigenvalue weighted by Gasteiger charge is 1.91. The van der Waals surface area contributed by atoms with Crippen molar-refractivity contribution in [3.63, 3.8) is 0 Å². The van der Waals surface area contributed by atoms with Gasteiger partial charge in [-0.15, -0.1) is 0 Å². The molecule has 0 aliphatic heterocycles. The fourth-order valence-electron chi connectivity index (χ4n) is 2.07. The minimum absolute atomic E-state index is 1.18. The lowest BCUT2D eigenvalue weighted by Crippen LogP contribution is -1.82. The van der Waals surface area contributed by atoms with Crippen LogP contribution in [0.5, 0.6) is 0 Å². The average molecular weight is 342 g/mol. The number of pyridine rings is 1. The van der Waals surface area contributed by atoms with Gasteiger partial charge in [0.1, 0.15) is 0 Å². The van der Waals surface area contributed by atoms with E-state index in [0.717, 1.165) is 0 Å². The first-order valence-electron chi connectivity index (χ1n) is 8.32. The van der Waals surface area contributed by atoms with Crippen molar-refractivity contribution in [2.75, 3.05) is 5.33 Å². The Morgan fingerprint density at radius 3 is 1.40 bits per heavy atom. The molecule has 2 heteroatoms. The van der Waals surface area contributed by atoms with E-state index in [1.165, 1.54) is 76.0 Å². The van der Waals surface area contributed by atoms with Crippen molar-refractivity contribution in [1.29, 1.82) is 0 Å². The molecule has 0 atom stereocenters. The number of aromatic nitrogens is 1. The van der Waals surface area contributed by atoms with Crippen LogP contribution < -0.4 is 0 Å². The smallest absolute Gasteiger partial charge is 0.0267 e. The molecule has 0 N–H and O–H groups in total. The summed E-state index contributed by atoms with van der Waals surface area (Å²) in [6, 6.07) is 5.72. The zero-order valence-electron chi connectivity index (χ0n) is 13.2. The third kappa shape index (κ3) is 17.6. The van der Waals surface area contributed by atoms with E-state index in [0.29, 0.717) is 0 Å². The van der Waals surface area contributed by atoms with Crippen LogP contribution in [0, 0.1) is 0 Å². The molecule has 0 spiro atoms. The summed E-state index contributed by atoms with van der Waals surface area (Å²) in [6.45, 7) is 2.28. The molecule has 1 heterocycles. The van der Waals surface area contributed by atoms with Crippen LogP contribution in [-0.2, 0) is 0 Å². The van der Waals surface area contributed by atoms with E-state index < -0.39 is 0 Å². The predicted octanol–water partition coefficient (Wildman–Crippen LogP) is 6.77. The summed E-state index contributed by atoms with van der Waals surface area (Å²) in [5.74, 6) is 0. The van der Waals surface area contributed by atoms with Gasteiger partial charge in [0.25, 0.3) is 0 Å². The standard InChI is InChI=1S/C13H27Br.C5H5N/c1-2-3-4-5-6-7-8-9-10-11-12-13-14;1-2-4-6-5-3-1/h2-13H2,1H3;1-5H. The highest BCUT2D eigenvalue weighted by molar-refractivity contribution is 9.09. The molecule has 20 heavy (non-hydrogen) atoms. The van der Waals surface area contributed by atoms with Gasteiger partial charge in [0, 0.05) is 17.7 Å². The number of alkyl halides is 1. The quantitative estimate of drug-likeness (QED) is 0.319. The summed E-state index contributed by atoms with van der Waals surface area (Å²) in [4.78, 5) is 3.78. The molecule has 0 amide bonds. The number of halogens is 1. The van der Waals surface area contributed by atoms with Crippen molar-refractivity contribution in [3.05, 3.63) is 30.6 Å². The van der Waals surface area contributed by atoms with Crippen molar-refractivity contribution in [1.82, 2.24) is 4.98 Å². The van der Waals surface area contributed by atoms with Crippen molar-refractivity contribution in [2.45, 2.75) is 77.6 Å². The third-order valence-electron chi connectivity index (χ3n) is 3.30. The molecule has 0 aliphatic rings. The fraction of sp³-hybridized carbons (Fsp3) is 0.722. The maximum atomic E-state index is 3.78. The normalized spacial score (nSPS) is 9.90. The van der Waals surface area contributed by atoms with E-state index in [2.05, 4.69) is 27.8 Å². The summed E-state index contributed by atoms with van der Waals surface area (Å²) in [5, 5.41) is 1.18. The van der Waals surface area contributed by atoms with Crippen LogP contribution in [0.3, 0.4) is 0 Å². The van der Waals surface area contributed by atoms with Crippen molar-refractivity contribution in [2.24, 2.45) is 0 Å². The fourth-order valence-corrected chi connectivity index (χ4v) is 2.47. The zero-order valence-corrected chi connectivity index (χ0v) is 14.8. The van der Waals surface area contributed by atoms with E-state index in [-0.39, 0.29) is 0 Å². The Morgan fingerprint density at radius 1 is 0.650 bits per heavy atom. The van der Waals surface area contributed by atoms with Gasteiger partial charge >= 0.3 is 0 Å². The van der Waals surface area contributed by atoms with Gasteiger partial charge in [0.2, 0.25) is 0 Å². The van der Waals surface area contributed by atoms with E-state index in [1.807, 2.05) is 18.2 Å². The summed E-state index contributed by atoms with van der Waals surface area (Å²) in [7, 11) is 0. The summed E-state index contributed by atoms with van der Waals surface area (Å²) >= 11 is 3.47. The van der Waals surface area contributed by atoms with Crippen LogP contribution in [0.1, 0.15) is 77.6 Å². The number of rotatable bonds is 11. The number of hydrogen-bond donors (Lipinski definition) is 0.